The molecule has 0 aliphatic heterocycles. The summed E-state index contributed by atoms with van der Waals surface area (Å²) in [6.45, 7) is -0.319. The molecule has 96 valence electrons. The average Bonchev–Trinajstić information content (AvgIpc) is 2.69. The fourth-order valence-electron chi connectivity index (χ4n) is 1.47. The van der Waals surface area contributed by atoms with Gasteiger partial charge in [-0.25, -0.2) is 0 Å². The molecule has 0 amide bonds. The van der Waals surface area contributed by atoms with Gasteiger partial charge in [-0.05, 0) is 28.1 Å². The van der Waals surface area contributed by atoms with Gasteiger partial charge in [0.05, 0.1) is 17.7 Å². The number of alkyl halides is 3. The minimum absolute atomic E-state index is 0.264. The van der Waals surface area contributed by atoms with Crippen molar-refractivity contribution in [2.75, 3.05) is 0 Å². The maximum absolute atomic E-state index is 12.4. The monoisotopic (exact) mass is 321 g/mol. The van der Waals surface area contributed by atoms with Gasteiger partial charge in [0, 0.05) is 5.56 Å². The summed E-state index contributed by atoms with van der Waals surface area (Å²) >= 11 is 3.05. The van der Waals surface area contributed by atoms with Crippen LogP contribution in [0.25, 0.3) is 11.3 Å². The number of nitrogens with zero attached hydrogens (tertiary/aromatic N) is 1. The molecule has 2 aromatic rings. The van der Waals surface area contributed by atoms with Crippen LogP contribution in [0.15, 0.2) is 33.5 Å². The Hall–Kier alpha value is -1.34. The Kier molecular flexibility index (Phi) is 3.45. The molecule has 0 saturated heterocycles. The smallest absolute Gasteiger partial charge is 0.391 e. The molecular weight excluding hydrogens is 315 g/mol. The molecule has 1 N–H and O–H groups in total. The summed E-state index contributed by atoms with van der Waals surface area (Å²) < 4.78 is 42.3. The summed E-state index contributed by atoms with van der Waals surface area (Å²) in [6, 6.07) is 4.48. The third-order valence-corrected chi connectivity index (χ3v) is 3.01. The predicted molar refractivity (Wildman–Crippen MR) is 60.6 cm³/mol. The Balaban J connectivity index is 2.40. The summed E-state index contributed by atoms with van der Waals surface area (Å²) in [5, 5.41) is 12.8. The van der Waals surface area contributed by atoms with Crippen LogP contribution in [0.1, 0.15) is 11.1 Å². The molecule has 2 rings (SSSR count). The number of halogens is 4. The Bertz CT molecular complexity index is 548. The lowest BCUT2D eigenvalue weighted by Gasteiger charge is -2.06. The maximum atomic E-state index is 12.4. The first-order chi connectivity index (χ1) is 8.43. The van der Waals surface area contributed by atoms with Gasteiger partial charge in [-0.15, -0.1) is 0 Å². The fourth-order valence-corrected chi connectivity index (χ4v) is 1.86. The number of hydrogen-bond donors (Lipinski definition) is 1. The largest absolute Gasteiger partial charge is 0.416 e. The van der Waals surface area contributed by atoms with Gasteiger partial charge in [-0.1, -0.05) is 17.3 Å². The zero-order valence-corrected chi connectivity index (χ0v) is 10.4. The van der Waals surface area contributed by atoms with Gasteiger partial charge in [-0.2, -0.15) is 13.2 Å². The molecule has 0 saturated carbocycles. The number of aromatic nitrogens is 1. The SMILES string of the molecule is OCc1c(-c2ccc(C(F)(F)F)cc2)noc1Br. The third kappa shape index (κ3) is 2.41. The molecule has 1 aromatic heterocycles. The second kappa shape index (κ2) is 4.74. The van der Waals surface area contributed by atoms with Crippen LogP contribution < -0.4 is 0 Å². The van der Waals surface area contributed by atoms with Crippen LogP contribution in [0.2, 0.25) is 0 Å². The van der Waals surface area contributed by atoms with Crippen molar-refractivity contribution in [2.45, 2.75) is 12.8 Å². The van der Waals surface area contributed by atoms with E-state index in [2.05, 4.69) is 21.1 Å². The van der Waals surface area contributed by atoms with Crippen molar-refractivity contribution in [3.05, 3.63) is 40.1 Å². The predicted octanol–water partition coefficient (Wildman–Crippen LogP) is 3.62. The summed E-state index contributed by atoms with van der Waals surface area (Å²) in [5.74, 6) is 0. The van der Waals surface area contributed by atoms with E-state index in [0.29, 0.717) is 16.8 Å². The summed E-state index contributed by atoms with van der Waals surface area (Å²) in [5.41, 5.74) is 0.425. The van der Waals surface area contributed by atoms with E-state index in [4.69, 9.17) is 9.63 Å². The van der Waals surface area contributed by atoms with Gasteiger partial charge in [0.2, 0.25) is 4.67 Å². The van der Waals surface area contributed by atoms with Gasteiger partial charge in [0.1, 0.15) is 5.69 Å². The summed E-state index contributed by atoms with van der Waals surface area (Å²) in [6.07, 6.45) is -4.37. The number of hydrogen-bond acceptors (Lipinski definition) is 3. The molecule has 0 fully saturated rings. The highest BCUT2D eigenvalue weighted by Crippen LogP contribution is 2.33. The lowest BCUT2D eigenvalue weighted by atomic mass is 10.1. The molecule has 0 aliphatic carbocycles. The first kappa shape index (κ1) is 13.1. The van der Waals surface area contributed by atoms with Gasteiger partial charge in [0.15, 0.2) is 0 Å². The van der Waals surface area contributed by atoms with E-state index in [0.717, 1.165) is 12.1 Å². The standard InChI is InChI=1S/C11H7BrF3NO2/c12-10-8(5-17)9(16-18-10)6-1-3-7(4-2-6)11(13,14)15/h1-4,17H,5H2. The second-order valence-electron chi connectivity index (χ2n) is 3.52. The minimum atomic E-state index is -4.37. The zero-order valence-electron chi connectivity index (χ0n) is 8.83. The highest BCUT2D eigenvalue weighted by atomic mass is 79.9. The molecule has 18 heavy (non-hydrogen) atoms. The lowest BCUT2D eigenvalue weighted by Crippen LogP contribution is -2.04. The van der Waals surface area contributed by atoms with Crippen LogP contribution in [0, 0.1) is 0 Å². The van der Waals surface area contributed by atoms with Crippen LogP contribution in [0.4, 0.5) is 13.2 Å². The van der Waals surface area contributed by atoms with Gasteiger partial charge < -0.3 is 9.63 Å². The van der Waals surface area contributed by atoms with Crippen LogP contribution in [0.3, 0.4) is 0 Å². The molecular formula is C11H7BrF3NO2. The molecule has 0 radical (unpaired) electrons. The normalized spacial score (nSPS) is 11.8. The molecule has 0 atom stereocenters. The molecule has 0 bridgehead atoms. The number of aliphatic hydroxyl groups is 1. The molecule has 3 nitrogen and oxygen atoms in total. The van der Waals surface area contributed by atoms with Crippen molar-refractivity contribution in [1.82, 2.24) is 5.16 Å². The summed E-state index contributed by atoms with van der Waals surface area (Å²) in [4.78, 5) is 0. The zero-order chi connectivity index (χ0) is 13.3. The highest BCUT2D eigenvalue weighted by molar-refractivity contribution is 9.10. The van der Waals surface area contributed by atoms with Crippen LogP contribution >= 0.6 is 15.9 Å². The van der Waals surface area contributed by atoms with Crippen molar-refractivity contribution < 1.29 is 22.8 Å². The van der Waals surface area contributed by atoms with E-state index < -0.39 is 11.7 Å². The summed E-state index contributed by atoms with van der Waals surface area (Å²) in [7, 11) is 0. The average molecular weight is 322 g/mol. The number of benzene rings is 1. The quantitative estimate of drug-likeness (QED) is 0.919. The van der Waals surface area contributed by atoms with Gasteiger partial charge >= 0.3 is 6.18 Å². The molecule has 1 heterocycles. The van der Waals surface area contributed by atoms with E-state index in [1.54, 1.807) is 0 Å². The van der Waals surface area contributed by atoms with Crippen molar-refractivity contribution in [2.24, 2.45) is 0 Å². The van der Waals surface area contributed by atoms with Gasteiger partial charge in [0.25, 0.3) is 0 Å². The van der Waals surface area contributed by atoms with E-state index >= 15 is 0 Å². The Morgan fingerprint density at radius 1 is 1.22 bits per heavy atom. The van der Waals surface area contributed by atoms with Crippen molar-refractivity contribution in [1.29, 1.82) is 0 Å². The van der Waals surface area contributed by atoms with Crippen molar-refractivity contribution in [3.8, 4) is 11.3 Å². The van der Waals surface area contributed by atoms with Crippen molar-refractivity contribution >= 4 is 15.9 Å². The van der Waals surface area contributed by atoms with Crippen molar-refractivity contribution in [3.63, 3.8) is 0 Å². The Morgan fingerprint density at radius 2 is 1.83 bits per heavy atom. The maximum Gasteiger partial charge on any atom is 0.416 e. The number of rotatable bonds is 2. The second-order valence-corrected chi connectivity index (χ2v) is 4.24. The van der Waals surface area contributed by atoms with Gasteiger partial charge in [-0.3, -0.25) is 0 Å². The van der Waals surface area contributed by atoms with Crippen LogP contribution in [-0.2, 0) is 12.8 Å². The minimum Gasteiger partial charge on any atom is -0.391 e. The third-order valence-electron chi connectivity index (χ3n) is 2.38. The number of aliphatic hydroxyl groups excluding tert-OH is 1. The van der Waals surface area contributed by atoms with Crippen LogP contribution in [0.5, 0.6) is 0 Å². The molecule has 1 aromatic carbocycles. The molecule has 0 aliphatic rings. The molecule has 7 heteroatoms. The molecule has 0 spiro atoms. The van der Waals surface area contributed by atoms with E-state index in [-0.39, 0.29) is 11.3 Å². The Labute approximate surface area is 108 Å². The first-order valence-corrected chi connectivity index (χ1v) is 5.65. The Morgan fingerprint density at radius 3 is 2.33 bits per heavy atom. The van der Waals surface area contributed by atoms with Crippen LogP contribution in [-0.4, -0.2) is 10.3 Å². The van der Waals surface area contributed by atoms with E-state index in [1.165, 1.54) is 12.1 Å². The topological polar surface area (TPSA) is 46.3 Å². The fraction of sp³-hybridized carbons (Fsp3) is 0.182. The van der Waals surface area contributed by atoms with E-state index in [1.807, 2.05) is 0 Å². The lowest BCUT2D eigenvalue weighted by molar-refractivity contribution is -0.137. The molecule has 0 unspecified atom stereocenters. The highest BCUT2D eigenvalue weighted by Gasteiger charge is 2.30. The first-order valence-electron chi connectivity index (χ1n) is 4.86. The van der Waals surface area contributed by atoms with E-state index in [9.17, 15) is 13.2 Å².